The molecule has 1 aromatic heterocycles. The molecule has 0 saturated heterocycles. The number of aryl methyl sites for hydroxylation is 1. The van der Waals surface area contributed by atoms with Gasteiger partial charge < -0.3 is 9.73 Å². The summed E-state index contributed by atoms with van der Waals surface area (Å²) in [6.45, 7) is 10.6. The highest BCUT2D eigenvalue weighted by molar-refractivity contribution is 7.99. The van der Waals surface area contributed by atoms with E-state index in [1.165, 1.54) is 11.8 Å². The summed E-state index contributed by atoms with van der Waals surface area (Å²) in [6.07, 6.45) is 0. The fourth-order valence-electron chi connectivity index (χ4n) is 3.16. The molecule has 0 radical (unpaired) electrons. The average Bonchev–Trinajstić information content (AvgIpc) is 3.15. The van der Waals surface area contributed by atoms with Gasteiger partial charge in [0.15, 0.2) is 0 Å². The van der Waals surface area contributed by atoms with E-state index >= 15 is 0 Å². The first-order valence-corrected chi connectivity index (χ1v) is 10.8. The van der Waals surface area contributed by atoms with E-state index in [4.69, 9.17) is 4.42 Å². The number of hydrogen-bond donors (Lipinski definition) is 1. The second-order valence-electron chi connectivity index (χ2n) is 7.70. The van der Waals surface area contributed by atoms with Crippen LogP contribution in [0.1, 0.15) is 56.2 Å². The molecule has 3 rings (SSSR count). The minimum atomic E-state index is -0.0831. The summed E-state index contributed by atoms with van der Waals surface area (Å²) in [7, 11) is 0. The van der Waals surface area contributed by atoms with Crippen molar-refractivity contribution in [2.24, 2.45) is 0 Å². The number of benzene rings is 2. The number of hydrogen-bond acceptors (Lipinski definition) is 5. The van der Waals surface area contributed by atoms with Crippen molar-refractivity contribution in [3.8, 4) is 11.5 Å². The molecule has 0 aliphatic carbocycles. The van der Waals surface area contributed by atoms with Crippen molar-refractivity contribution >= 4 is 23.4 Å². The smallest absolute Gasteiger partial charge is 0.277 e. The molecule has 152 valence electrons. The molecule has 1 heterocycles. The Hall–Kier alpha value is -2.60. The number of nitrogens with one attached hydrogen (secondary N) is 1. The molecular formula is C23H27N3O2S. The predicted molar refractivity (Wildman–Crippen MR) is 118 cm³/mol. The maximum atomic E-state index is 12.6. The third kappa shape index (κ3) is 5.26. The van der Waals surface area contributed by atoms with Gasteiger partial charge in [-0.15, -0.1) is 10.2 Å². The fourth-order valence-corrected chi connectivity index (χ4v) is 3.72. The van der Waals surface area contributed by atoms with E-state index in [-0.39, 0.29) is 11.7 Å². The Labute approximate surface area is 176 Å². The molecule has 0 spiro atoms. The second kappa shape index (κ2) is 9.27. The number of carbonyl (C=O) groups is 1. The number of para-hydroxylation sites is 1. The Balaban J connectivity index is 1.68. The quantitative estimate of drug-likeness (QED) is 0.483. The van der Waals surface area contributed by atoms with Gasteiger partial charge in [0.1, 0.15) is 0 Å². The summed E-state index contributed by atoms with van der Waals surface area (Å²) in [5, 5.41) is 11.6. The highest BCUT2D eigenvalue weighted by Gasteiger charge is 2.17. The Morgan fingerprint density at radius 1 is 1.03 bits per heavy atom. The van der Waals surface area contributed by atoms with Crippen LogP contribution in [0.5, 0.6) is 0 Å². The van der Waals surface area contributed by atoms with Crippen molar-refractivity contribution < 1.29 is 9.21 Å². The van der Waals surface area contributed by atoms with Gasteiger partial charge in [0.05, 0.1) is 5.75 Å². The Morgan fingerprint density at radius 3 is 2.31 bits per heavy atom. The summed E-state index contributed by atoms with van der Waals surface area (Å²) in [5.74, 6) is 1.23. The van der Waals surface area contributed by atoms with Crippen LogP contribution in [-0.2, 0) is 4.79 Å². The highest BCUT2D eigenvalue weighted by Crippen LogP contribution is 2.32. The highest BCUT2D eigenvalue weighted by atomic mass is 32.2. The lowest BCUT2D eigenvalue weighted by molar-refractivity contribution is -0.113. The van der Waals surface area contributed by atoms with Crippen molar-refractivity contribution in [3.63, 3.8) is 0 Å². The van der Waals surface area contributed by atoms with Gasteiger partial charge in [0, 0.05) is 11.3 Å². The van der Waals surface area contributed by atoms with Gasteiger partial charge in [-0.25, -0.2) is 0 Å². The summed E-state index contributed by atoms with van der Waals surface area (Å²) < 4.78 is 5.71. The summed E-state index contributed by atoms with van der Waals surface area (Å²) in [6, 6.07) is 14.1. The van der Waals surface area contributed by atoms with Crippen molar-refractivity contribution in [2.75, 3.05) is 11.1 Å². The molecule has 29 heavy (non-hydrogen) atoms. The zero-order valence-corrected chi connectivity index (χ0v) is 18.3. The van der Waals surface area contributed by atoms with Gasteiger partial charge in [-0.3, -0.25) is 4.79 Å². The average molecular weight is 410 g/mol. The van der Waals surface area contributed by atoms with Gasteiger partial charge in [-0.1, -0.05) is 75.4 Å². The van der Waals surface area contributed by atoms with Gasteiger partial charge in [-0.05, 0) is 42.0 Å². The predicted octanol–water partition coefficient (Wildman–Crippen LogP) is 6.02. The SMILES string of the molecule is Cc1cccc(-c2nnc(SCC(=O)Nc3c(C(C)C)cccc3C(C)C)o2)c1. The summed E-state index contributed by atoms with van der Waals surface area (Å²) in [4.78, 5) is 12.6. The molecule has 0 aliphatic heterocycles. The lowest BCUT2D eigenvalue weighted by Crippen LogP contribution is -2.17. The lowest BCUT2D eigenvalue weighted by atomic mass is 9.92. The van der Waals surface area contributed by atoms with Gasteiger partial charge in [0.2, 0.25) is 11.8 Å². The lowest BCUT2D eigenvalue weighted by Gasteiger charge is -2.20. The van der Waals surface area contributed by atoms with Crippen LogP contribution in [0.25, 0.3) is 11.5 Å². The minimum Gasteiger partial charge on any atom is -0.411 e. The van der Waals surface area contributed by atoms with Gasteiger partial charge in [0.25, 0.3) is 5.22 Å². The molecular weight excluding hydrogens is 382 g/mol. The first-order valence-electron chi connectivity index (χ1n) is 9.81. The van der Waals surface area contributed by atoms with Crippen LogP contribution in [0, 0.1) is 6.92 Å². The van der Waals surface area contributed by atoms with Crippen LogP contribution in [0.2, 0.25) is 0 Å². The van der Waals surface area contributed by atoms with Crippen molar-refractivity contribution in [2.45, 2.75) is 51.7 Å². The number of rotatable bonds is 7. The van der Waals surface area contributed by atoms with E-state index in [1.54, 1.807) is 0 Å². The molecule has 3 aromatic rings. The van der Waals surface area contributed by atoms with Crippen LogP contribution >= 0.6 is 11.8 Å². The number of amides is 1. The maximum Gasteiger partial charge on any atom is 0.277 e. The molecule has 6 heteroatoms. The molecule has 0 fully saturated rings. The van der Waals surface area contributed by atoms with E-state index < -0.39 is 0 Å². The minimum absolute atomic E-state index is 0.0831. The van der Waals surface area contributed by atoms with Crippen molar-refractivity contribution in [1.82, 2.24) is 10.2 Å². The van der Waals surface area contributed by atoms with Crippen molar-refractivity contribution in [1.29, 1.82) is 0 Å². The van der Waals surface area contributed by atoms with E-state index in [2.05, 4.69) is 61.4 Å². The van der Waals surface area contributed by atoms with Crippen LogP contribution in [0.3, 0.4) is 0 Å². The van der Waals surface area contributed by atoms with Gasteiger partial charge in [-0.2, -0.15) is 0 Å². The van der Waals surface area contributed by atoms with E-state index in [0.717, 1.165) is 27.9 Å². The number of thioether (sulfide) groups is 1. The Kier molecular flexibility index (Phi) is 6.75. The molecule has 5 nitrogen and oxygen atoms in total. The monoisotopic (exact) mass is 409 g/mol. The van der Waals surface area contributed by atoms with Crippen LogP contribution in [-0.4, -0.2) is 21.9 Å². The first kappa shape index (κ1) is 21.1. The van der Waals surface area contributed by atoms with E-state index in [1.807, 2.05) is 31.2 Å². The third-order valence-electron chi connectivity index (χ3n) is 4.64. The topological polar surface area (TPSA) is 68.0 Å². The number of anilines is 1. The Bertz CT molecular complexity index is 969. The normalized spacial score (nSPS) is 11.3. The fraction of sp³-hybridized carbons (Fsp3) is 0.348. The second-order valence-corrected chi connectivity index (χ2v) is 8.63. The molecule has 0 aliphatic rings. The molecule has 2 aromatic carbocycles. The van der Waals surface area contributed by atoms with Crippen molar-refractivity contribution in [3.05, 3.63) is 59.2 Å². The van der Waals surface area contributed by atoms with Gasteiger partial charge >= 0.3 is 0 Å². The molecule has 0 atom stereocenters. The summed E-state index contributed by atoms with van der Waals surface area (Å²) in [5.41, 5.74) is 5.22. The third-order valence-corrected chi connectivity index (χ3v) is 5.45. The summed E-state index contributed by atoms with van der Waals surface area (Å²) >= 11 is 1.24. The number of carbonyl (C=O) groups excluding carboxylic acids is 1. The number of aromatic nitrogens is 2. The van der Waals surface area contributed by atoms with Crippen LogP contribution in [0.4, 0.5) is 5.69 Å². The number of nitrogens with zero attached hydrogens (tertiary/aromatic N) is 2. The maximum absolute atomic E-state index is 12.6. The van der Waals surface area contributed by atoms with Crippen LogP contribution < -0.4 is 5.32 Å². The molecule has 0 bridgehead atoms. The van der Waals surface area contributed by atoms with E-state index in [0.29, 0.717) is 22.9 Å². The molecule has 0 unspecified atom stereocenters. The standard InChI is InChI=1S/C23H27N3O2S/c1-14(2)18-10-7-11-19(15(3)4)21(18)24-20(27)13-29-23-26-25-22(28-23)17-9-6-8-16(5)12-17/h6-12,14-15H,13H2,1-5H3,(H,24,27). The largest absolute Gasteiger partial charge is 0.411 e. The zero-order valence-electron chi connectivity index (χ0n) is 17.5. The van der Waals surface area contributed by atoms with Crippen LogP contribution in [0.15, 0.2) is 52.1 Å². The Morgan fingerprint density at radius 2 is 1.69 bits per heavy atom. The molecule has 0 saturated carbocycles. The molecule has 1 N–H and O–H groups in total. The first-order chi connectivity index (χ1) is 13.8. The zero-order chi connectivity index (χ0) is 21.0. The van der Waals surface area contributed by atoms with E-state index in [9.17, 15) is 4.79 Å². The molecule has 1 amide bonds.